The van der Waals surface area contributed by atoms with Crippen molar-refractivity contribution in [3.05, 3.63) is 125 Å². The molecule has 4 aromatic carbocycles. The van der Waals surface area contributed by atoms with Gasteiger partial charge >= 0.3 is 0 Å². The molecule has 0 aliphatic carbocycles. The average molecular weight is 523 g/mol. The normalized spacial score (nSPS) is 14.2. The van der Waals surface area contributed by atoms with Crippen LogP contribution in [0, 0.1) is 0 Å². The maximum atomic E-state index is 12.5. The molecule has 0 radical (unpaired) electrons. The fourth-order valence-electron chi connectivity index (χ4n) is 4.17. The summed E-state index contributed by atoms with van der Waals surface area (Å²) in [5, 5.41) is 2.70. The Morgan fingerprint density at radius 1 is 0.838 bits per heavy atom. The van der Waals surface area contributed by atoms with Crippen molar-refractivity contribution in [2.24, 2.45) is 0 Å². The zero-order chi connectivity index (χ0) is 25.8. The largest absolute Gasteiger partial charge is 0.480 e. The second-order valence-corrected chi connectivity index (χ2v) is 10.6. The summed E-state index contributed by atoms with van der Waals surface area (Å²) in [7, 11) is 4.05. The Labute approximate surface area is 227 Å². The second-order valence-electron chi connectivity index (χ2n) is 8.87. The van der Waals surface area contributed by atoms with E-state index in [2.05, 4.69) is 70.9 Å². The number of anilines is 1. The van der Waals surface area contributed by atoms with Crippen molar-refractivity contribution in [2.75, 3.05) is 19.0 Å². The molecule has 0 bridgehead atoms. The van der Waals surface area contributed by atoms with E-state index in [1.54, 1.807) is 0 Å². The summed E-state index contributed by atoms with van der Waals surface area (Å²) in [6.45, 7) is 0. The lowest BCUT2D eigenvalue weighted by Gasteiger charge is -2.22. The van der Waals surface area contributed by atoms with Crippen LogP contribution < -0.4 is 15.0 Å². The molecule has 4 aromatic rings. The van der Waals surface area contributed by atoms with Gasteiger partial charge in [-0.2, -0.15) is 0 Å². The molecule has 184 valence electrons. The van der Waals surface area contributed by atoms with Gasteiger partial charge in [0.05, 0.1) is 4.91 Å². The van der Waals surface area contributed by atoms with Gasteiger partial charge in [0.15, 0.2) is 0 Å². The number of hydrogen-bond acceptors (Lipinski definition) is 5. The lowest BCUT2D eigenvalue weighted by molar-refractivity contribution is -0.115. The fourth-order valence-corrected chi connectivity index (χ4v) is 5.21. The molecule has 5 rings (SSSR count). The van der Waals surface area contributed by atoms with Gasteiger partial charge in [0, 0.05) is 25.3 Å². The van der Waals surface area contributed by atoms with Crippen LogP contribution >= 0.6 is 24.0 Å². The molecule has 37 heavy (non-hydrogen) atoms. The lowest BCUT2D eigenvalue weighted by Crippen LogP contribution is -2.17. The van der Waals surface area contributed by atoms with E-state index in [9.17, 15) is 4.79 Å². The quantitative estimate of drug-likeness (QED) is 0.208. The number of hydrogen-bond donors (Lipinski definition) is 1. The smallest absolute Gasteiger partial charge is 0.263 e. The predicted molar refractivity (Wildman–Crippen MR) is 158 cm³/mol. The highest BCUT2D eigenvalue weighted by Crippen LogP contribution is 2.36. The number of nitrogens with one attached hydrogen (secondary N) is 1. The van der Waals surface area contributed by atoms with Crippen LogP contribution in [0.5, 0.6) is 5.75 Å². The van der Waals surface area contributed by atoms with Gasteiger partial charge in [-0.05, 0) is 52.6 Å². The van der Waals surface area contributed by atoms with E-state index < -0.39 is 0 Å². The number of thioether (sulfide) groups is 1. The summed E-state index contributed by atoms with van der Waals surface area (Å²) in [5.41, 5.74) is 6.15. The summed E-state index contributed by atoms with van der Waals surface area (Å²) < 4.78 is 7.17. The Hall–Kier alpha value is -3.87. The standard InChI is InChI=1S/C31H26N2O2S2/c1-33(2)26-16-13-21(14-17-26)24-15-18-27(25(19-24)20-28-30(34)32-31(36)37-28)35-29(22-9-5-3-6-10-22)23-11-7-4-8-12-23/h3-20,29H,1-2H3,(H,32,34,36)/b28-20+. The minimum atomic E-state index is -0.309. The summed E-state index contributed by atoms with van der Waals surface area (Å²) in [4.78, 5) is 15.1. The molecule has 0 spiro atoms. The molecule has 1 aliphatic rings. The minimum absolute atomic E-state index is 0.190. The van der Waals surface area contributed by atoms with Crippen LogP contribution in [0.2, 0.25) is 0 Å². The first-order valence-electron chi connectivity index (χ1n) is 11.9. The van der Waals surface area contributed by atoms with Gasteiger partial charge in [-0.25, -0.2) is 0 Å². The zero-order valence-corrected chi connectivity index (χ0v) is 22.2. The van der Waals surface area contributed by atoms with E-state index in [-0.39, 0.29) is 12.0 Å². The first-order chi connectivity index (χ1) is 18.0. The Morgan fingerprint density at radius 2 is 1.43 bits per heavy atom. The Balaban J connectivity index is 1.58. The SMILES string of the molecule is CN(C)c1ccc(-c2ccc(OC(c3ccccc3)c3ccccc3)c(/C=C3/SC(=S)NC3=O)c2)cc1. The molecule has 0 atom stereocenters. The average Bonchev–Trinajstić information content (AvgIpc) is 3.25. The third-order valence-corrected chi connectivity index (χ3v) is 7.27. The maximum absolute atomic E-state index is 12.5. The summed E-state index contributed by atoms with van der Waals surface area (Å²) in [6.07, 6.45) is 1.55. The second kappa shape index (κ2) is 11.0. The summed E-state index contributed by atoms with van der Waals surface area (Å²) >= 11 is 6.48. The predicted octanol–water partition coefficient (Wildman–Crippen LogP) is 7.08. The molecule has 0 unspecified atom stereocenters. The van der Waals surface area contributed by atoms with Crippen molar-refractivity contribution in [3.63, 3.8) is 0 Å². The Bertz CT molecular complexity index is 1410. The molecule has 4 nitrogen and oxygen atoms in total. The number of amides is 1. The minimum Gasteiger partial charge on any atom is -0.480 e. The molecular weight excluding hydrogens is 496 g/mol. The number of thiocarbonyl (C=S) groups is 1. The number of benzene rings is 4. The molecule has 6 heteroatoms. The van der Waals surface area contributed by atoms with Gasteiger partial charge in [-0.15, -0.1) is 0 Å². The third kappa shape index (κ3) is 5.77. The lowest BCUT2D eigenvalue weighted by atomic mass is 9.99. The van der Waals surface area contributed by atoms with Crippen LogP contribution in [-0.4, -0.2) is 24.3 Å². The fraction of sp³-hybridized carbons (Fsp3) is 0.0968. The number of carbonyl (C=O) groups is 1. The van der Waals surface area contributed by atoms with Crippen LogP contribution in [0.4, 0.5) is 5.69 Å². The van der Waals surface area contributed by atoms with Gasteiger partial charge in [-0.3, -0.25) is 4.79 Å². The molecule has 1 saturated heterocycles. The first kappa shape index (κ1) is 24.8. The number of carbonyl (C=O) groups excluding carboxylic acids is 1. The number of nitrogens with zero attached hydrogens (tertiary/aromatic N) is 1. The van der Waals surface area contributed by atoms with Crippen molar-refractivity contribution in [1.82, 2.24) is 5.32 Å². The van der Waals surface area contributed by atoms with Crippen molar-refractivity contribution in [2.45, 2.75) is 6.10 Å². The van der Waals surface area contributed by atoms with Crippen LogP contribution in [0.1, 0.15) is 22.8 Å². The van der Waals surface area contributed by atoms with Crippen molar-refractivity contribution in [1.29, 1.82) is 0 Å². The van der Waals surface area contributed by atoms with E-state index in [1.807, 2.05) is 62.6 Å². The van der Waals surface area contributed by atoms with Gasteiger partial charge < -0.3 is 15.0 Å². The molecule has 0 aromatic heterocycles. The molecule has 1 aliphatic heterocycles. The molecular formula is C31H26N2O2S2. The highest BCUT2D eigenvalue weighted by atomic mass is 32.2. The van der Waals surface area contributed by atoms with Crippen molar-refractivity contribution < 1.29 is 9.53 Å². The molecule has 1 N–H and O–H groups in total. The molecule has 0 saturated carbocycles. The monoisotopic (exact) mass is 522 g/mol. The maximum Gasteiger partial charge on any atom is 0.263 e. The molecule has 1 fully saturated rings. The van der Waals surface area contributed by atoms with E-state index in [1.165, 1.54) is 11.8 Å². The third-order valence-electron chi connectivity index (χ3n) is 6.10. The van der Waals surface area contributed by atoms with Crippen LogP contribution in [0.3, 0.4) is 0 Å². The van der Waals surface area contributed by atoms with Crippen molar-refractivity contribution in [3.8, 4) is 16.9 Å². The molecule has 1 amide bonds. The Kier molecular flexibility index (Phi) is 7.40. The van der Waals surface area contributed by atoms with Crippen LogP contribution in [-0.2, 0) is 4.79 Å². The van der Waals surface area contributed by atoms with E-state index in [0.29, 0.717) is 15.0 Å². The first-order valence-corrected chi connectivity index (χ1v) is 13.1. The van der Waals surface area contributed by atoms with E-state index >= 15 is 0 Å². The zero-order valence-electron chi connectivity index (χ0n) is 20.5. The van der Waals surface area contributed by atoms with E-state index in [4.69, 9.17) is 17.0 Å². The highest BCUT2D eigenvalue weighted by Gasteiger charge is 2.24. The Morgan fingerprint density at radius 3 is 1.97 bits per heavy atom. The topological polar surface area (TPSA) is 41.6 Å². The van der Waals surface area contributed by atoms with E-state index in [0.717, 1.165) is 33.5 Å². The summed E-state index contributed by atoms with van der Waals surface area (Å²) in [6, 6.07) is 34.8. The van der Waals surface area contributed by atoms with Gasteiger partial charge in [0.25, 0.3) is 5.91 Å². The number of rotatable bonds is 7. The summed E-state index contributed by atoms with van der Waals surface area (Å²) in [5.74, 6) is 0.495. The van der Waals surface area contributed by atoms with Crippen molar-refractivity contribution >= 4 is 46.0 Å². The number of ether oxygens (including phenoxy) is 1. The van der Waals surface area contributed by atoms with Gasteiger partial charge in [-0.1, -0.05) is 103 Å². The van der Waals surface area contributed by atoms with Crippen LogP contribution in [0.25, 0.3) is 17.2 Å². The van der Waals surface area contributed by atoms with Crippen LogP contribution in [0.15, 0.2) is 108 Å². The van der Waals surface area contributed by atoms with Gasteiger partial charge in [0.2, 0.25) is 0 Å². The van der Waals surface area contributed by atoms with Gasteiger partial charge in [0.1, 0.15) is 16.2 Å². The molecule has 1 heterocycles. The highest BCUT2D eigenvalue weighted by molar-refractivity contribution is 8.26.